The van der Waals surface area contributed by atoms with Crippen LogP contribution in [0.1, 0.15) is 20.8 Å². The Labute approximate surface area is 79.3 Å². The quantitative estimate of drug-likeness (QED) is 0.513. The monoisotopic (exact) mass is 191 g/mol. The number of nitrogens with one attached hydrogen (secondary N) is 1. The molecule has 1 N–H and O–H groups in total. The highest BCUT2D eigenvalue weighted by molar-refractivity contribution is 7.80. The van der Waals surface area contributed by atoms with Crippen molar-refractivity contribution in [2.45, 2.75) is 32.4 Å². The maximum atomic E-state index is 11.3. The largest absolute Gasteiger partial charge is 0.459 e. The molecule has 0 fully saturated rings. The fourth-order valence-electron chi connectivity index (χ4n) is 0.657. The third-order valence-electron chi connectivity index (χ3n) is 1.22. The van der Waals surface area contributed by atoms with E-state index < -0.39 is 5.60 Å². The summed E-state index contributed by atoms with van der Waals surface area (Å²) in [6, 6.07) is -0.312. The van der Waals surface area contributed by atoms with Crippen LogP contribution in [0.5, 0.6) is 0 Å². The predicted octanol–water partition coefficient (Wildman–Crippen LogP) is 0.846. The lowest BCUT2D eigenvalue weighted by molar-refractivity contribution is -0.156. The second-order valence-corrected chi connectivity index (χ2v) is 3.92. The number of thiol groups is 1. The second kappa shape index (κ2) is 4.72. The molecule has 72 valence electrons. The predicted molar refractivity (Wildman–Crippen MR) is 52.5 cm³/mol. The van der Waals surface area contributed by atoms with E-state index in [0.717, 1.165) is 0 Å². The van der Waals surface area contributed by atoms with E-state index in [9.17, 15) is 4.79 Å². The molecule has 0 saturated heterocycles. The minimum Gasteiger partial charge on any atom is -0.459 e. The molecule has 0 rings (SSSR count). The second-order valence-electron chi connectivity index (χ2n) is 3.56. The molecule has 0 heterocycles. The number of carbonyl (C=O) groups is 1. The minimum absolute atomic E-state index is 0.250. The van der Waals surface area contributed by atoms with Crippen LogP contribution in [0.4, 0.5) is 0 Å². The highest BCUT2D eigenvalue weighted by atomic mass is 32.1. The number of esters is 1. The molecule has 0 unspecified atom stereocenters. The van der Waals surface area contributed by atoms with Gasteiger partial charge in [-0.05, 0) is 27.8 Å². The van der Waals surface area contributed by atoms with Gasteiger partial charge in [0.2, 0.25) is 0 Å². The van der Waals surface area contributed by atoms with Crippen LogP contribution in [0.3, 0.4) is 0 Å². The van der Waals surface area contributed by atoms with E-state index in [0.29, 0.717) is 5.75 Å². The molecule has 0 aromatic heterocycles. The molecule has 4 heteroatoms. The molecular weight excluding hydrogens is 174 g/mol. The first-order chi connectivity index (χ1) is 5.40. The van der Waals surface area contributed by atoms with Gasteiger partial charge in [0.15, 0.2) is 0 Å². The van der Waals surface area contributed by atoms with Crippen molar-refractivity contribution in [3.05, 3.63) is 0 Å². The van der Waals surface area contributed by atoms with Crippen molar-refractivity contribution >= 4 is 18.6 Å². The molecule has 1 atom stereocenters. The normalized spacial score (nSPS) is 14.1. The minimum atomic E-state index is -0.421. The van der Waals surface area contributed by atoms with Crippen molar-refractivity contribution in [3.8, 4) is 0 Å². The molecule has 0 radical (unpaired) electrons. The van der Waals surface area contributed by atoms with Gasteiger partial charge in [0, 0.05) is 5.75 Å². The lowest BCUT2D eigenvalue weighted by atomic mass is 10.2. The topological polar surface area (TPSA) is 38.3 Å². The number of likely N-dealkylation sites (N-methyl/N-ethyl adjacent to an activating group) is 1. The van der Waals surface area contributed by atoms with Gasteiger partial charge in [-0.3, -0.25) is 4.79 Å². The van der Waals surface area contributed by atoms with Crippen molar-refractivity contribution in [2.24, 2.45) is 0 Å². The molecule has 0 amide bonds. The summed E-state index contributed by atoms with van der Waals surface area (Å²) in [5, 5.41) is 2.82. The Morgan fingerprint density at radius 3 is 2.33 bits per heavy atom. The number of carbonyl (C=O) groups excluding carboxylic acids is 1. The van der Waals surface area contributed by atoms with E-state index in [-0.39, 0.29) is 12.0 Å². The van der Waals surface area contributed by atoms with E-state index in [1.165, 1.54) is 0 Å². The molecule has 3 nitrogen and oxygen atoms in total. The van der Waals surface area contributed by atoms with Crippen LogP contribution >= 0.6 is 12.6 Å². The molecule has 0 aliphatic heterocycles. The van der Waals surface area contributed by atoms with Crippen molar-refractivity contribution in [2.75, 3.05) is 12.8 Å². The van der Waals surface area contributed by atoms with Gasteiger partial charge in [-0.1, -0.05) is 0 Å². The summed E-state index contributed by atoms with van der Waals surface area (Å²) in [7, 11) is 1.71. The van der Waals surface area contributed by atoms with Crippen molar-refractivity contribution in [1.29, 1.82) is 0 Å². The Kier molecular flexibility index (Phi) is 4.63. The summed E-state index contributed by atoms with van der Waals surface area (Å²) in [6.45, 7) is 5.53. The zero-order valence-electron chi connectivity index (χ0n) is 8.05. The summed E-state index contributed by atoms with van der Waals surface area (Å²) in [4.78, 5) is 11.3. The average Bonchev–Trinajstić information content (AvgIpc) is 1.85. The fraction of sp³-hybridized carbons (Fsp3) is 0.875. The van der Waals surface area contributed by atoms with Crippen molar-refractivity contribution < 1.29 is 9.53 Å². The third-order valence-corrected chi connectivity index (χ3v) is 1.59. The van der Waals surface area contributed by atoms with Gasteiger partial charge in [0.05, 0.1) is 0 Å². The van der Waals surface area contributed by atoms with Crippen LogP contribution in [-0.2, 0) is 9.53 Å². The Morgan fingerprint density at radius 2 is 2.08 bits per heavy atom. The van der Waals surface area contributed by atoms with E-state index >= 15 is 0 Å². The van der Waals surface area contributed by atoms with Crippen molar-refractivity contribution in [1.82, 2.24) is 5.32 Å². The zero-order valence-corrected chi connectivity index (χ0v) is 8.94. The van der Waals surface area contributed by atoms with Crippen LogP contribution in [0.15, 0.2) is 0 Å². The maximum Gasteiger partial charge on any atom is 0.324 e. The zero-order chi connectivity index (χ0) is 9.78. The molecule has 0 spiro atoms. The van der Waals surface area contributed by atoms with Crippen molar-refractivity contribution in [3.63, 3.8) is 0 Å². The first kappa shape index (κ1) is 11.8. The molecule has 0 aliphatic carbocycles. The Balaban J connectivity index is 4.02. The molecule has 0 bridgehead atoms. The average molecular weight is 191 g/mol. The van der Waals surface area contributed by atoms with Gasteiger partial charge in [-0.25, -0.2) is 0 Å². The van der Waals surface area contributed by atoms with Crippen LogP contribution in [0.25, 0.3) is 0 Å². The maximum absolute atomic E-state index is 11.3. The molecule has 12 heavy (non-hydrogen) atoms. The first-order valence-corrected chi connectivity index (χ1v) is 4.55. The molecule has 0 aliphatic rings. The van der Waals surface area contributed by atoms with Crippen LogP contribution < -0.4 is 5.32 Å². The van der Waals surface area contributed by atoms with Crippen LogP contribution in [0, 0.1) is 0 Å². The highest BCUT2D eigenvalue weighted by Gasteiger charge is 2.22. The summed E-state index contributed by atoms with van der Waals surface area (Å²) < 4.78 is 5.13. The van der Waals surface area contributed by atoms with E-state index in [1.807, 2.05) is 20.8 Å². The number of rotatable bonds is 3. The van der Waals surface area contributed by atoms with E-state index in [2.05, 4.69) is 17.9 Å². The summed E-state index contributed by atoms with van der Waals surface area (Å²) in [5.74, 6) is 0.200. The van der Waals surface area contributed by atoms with Gasteiger partial charge >= 0.3 is 5.97 Å². The smallest absolute Gasteiger partial charge is 0.324 e. The highest BCUT2D eigenvalue weighted by Crippen LogP contribution is 2.08. The lowest BCUT2D eigenvalue weighted by Crippen LogP contribution is -2.40. The molecule has 0 saturated carbocycles. The van der Waals surface area contributed by atoms with Gasteiger partial charge in [0.25, 0.3) is 0 Å². The van der Waals surface area contributed by atoms with Gasteiger partial charge < -0.3 is 10.1 Å². The Bertz CT molecular complexity index is 150. The standard InChI is InChI=1S/C8H17NO2S/c1-8(2,3)11-7(10)6(5-12)9-4/h6,9,12H,5H2,1-4H3/t6-/m0/s1. The Hall–Kier alpha value is -0.220. The molecule has 0 aromatic carbocycles. The molecular formula is C8H17NO2S. The fourth-order valence-corrected chi connectivity index (χ4v) is 0.988. The van der Waals surface area contributed by atoms with Gasteiger partial charge in [0.1, 0.15) is 11.6 Å². The first-order valence-electron chi connectivity index (χ1n) is 3.91. The number of hydrogen-bond acceptors (Lipinski definition) is 4. The summed E-state index contributed by atoms with van der Waals surface area (Å²) in [6.07, 6.45) is 0. The van der Waals surface area contributed by atoms with Gasteiger partial charge in [-0.15, -0.1) is 0 Å². The number of ether oxygens (including phenoxy) is 1. The summed E-state index contributed by atoms with van der Waals surface area (Å²) >= 11 is 4.02. The Morgan fingerprint density at radius 1 is 1.58 bits per heavy atom. The van der Waals surface area contributed by atoms with Gasteiger partial charge in [-0.2, -0.15) is 12.6 Å². The summed E-state index contributed by atoms with van der Waals surface area (Å²) in [5.41, 5.74) is -0.421. The third kappa shape index (κ3) is 4.62. The number of hydrogen-bond donors (Lipinski definition) is 2. The van der Waals surface area contributed by atoms with Crippen LogP contribution in [-0.4, -0.2) is 30.4 Å². The molecule has 0 aromatic rings. The van der Waals surface area contributed by atoms with Crippen LogP contribution in [0.2, 0.25) is 0 Å². The lowest BCUT2D eigenvalue weighted by Gasteiger charge is -2.22. The van der Waals surface area contributed by atoms with E-state index in [4.69, 9.17) is 4.74 Å². The SMILES string of the molecule is CN[C@@H](CS)C(=O)OC(C)(C)C. The van der Waals surface area contributed by atoms with E-state index in [1.54, 1.807) is 7.05 Å².